The average Bonchev–Trinajstić information content (AvgIpc) is 2.03. The normalized spacial score (nSPS) is 10.1. The molecule has 0 aliphatic carbocycles. The Labute approximate surface area is 82.0 Å². The molecule has 4 nitrogen and oxygen atoms in total. The minimum Gasteiger partial charge on any atom is -0.396 e. The fourth-order valence-corrected chi connectivity index (χ4v) is 1.14. The second-order valence-corrected chi connectivity index (χ2v) is 3.01. The van der Waals surface area contributed by atoms with E-state index >= 15 is 0 Å². The highest BCUT2D eigenvalue weighted by atomic mass is 35.5. The van der Waals surface area contributed by atoms with Crippen LogP contribution in [0, 0.1) is 6.92 Å². The Balaban J connectivity index is 2.56. The molecular weight excluding hydrogens is 190 g/mol. The van der Waals surface area contributed by atoms with Crippen molar-refractivity contribution in [3.63, 3.8) is 0 Å². The number of nitrogens with one attached hydrogen (secondary N) is 1. The molecule has 1 aromatic rings. The van der Waals surface area contributed by atoms with Gasteiger partial charge in [-0.05, 0) is 24.9 Å². The summed E-state index contributed by atoms with van der Waals surface area (Å²) in [7, 11) is 0. The van der Waals surface area contributed by atoms with E-state index in [1.54, 1.807) is 0 Å². The second kappa shape index (κ2) is 4.99. The molecular formula is C8H12ClN3O. The van der Waals surface area contributed by atoms with Gasteiger partial charge in [0.1, 0.15) is 5.82 Å². The number of rotatable bonds is 4. The van der Waals surface area contributed by atoms with Gasteiger partial charge in [0, 0.05) is 24.9 Å². The number of anilines is 1. The average molecular weight is 202 g/mol. The first-order valence-electron chi connectivity index (χ1n) is 4.08. The van der Waals surface area contributed by atoms with Gasteiger partial charge in [0.25, 0.3) is 0 Å². The third kappa shape index (κ3) is 3.57. The van der Waals surface area contributed by atoms with Crippen molar-refractivity contribution in [2.45, 2.75) is 13.3 Å². The maximum atomic E-state index is 8.55. The third-order valence-corrected chi connectivity index (χ3v) is 1.64. The van der Waals surface area contributed by atoms with E-state index in [2.05, 4.69) is 15.3 Å². The van der Waals surface area contributed by atoms with Crippen molar-refractivity contribution >= 4 is 17.4 Å². The van der Waals surface area contributed by atoms with E-state index in [0.29, 0.717) is 18.8 Å². The minimum absolute atomic E-state index is 0.171. The molecule has 0 radical (unpaired) electrons. The highest BCUT2D eigenvalue weighted by molar-refractivity contribution is 6.28. The van der Waals surface area contributed by atoms with Gasteiger partial charge < -0.3 is 10.4 Å². The van der Waals surface area contributed by atoms with Crippen molar-refractivity contribution in [1.82, 2.24) is 9.97 Å². The van der Waals surface area contributed by atoms with Crippen LogP contribution in [0.25, 0.3) is 0 Å². The standard InChI is InChI=1S/C8H12ClN3O/c1-6-5-7(10-3-2-4-13)12-8(9)11-6/h5,13H,2-4H2,1H3,(H,10,11,12). The number of halogens is 1. The summed E-state index contributed by atoms with van der Waals surface area (Å²) in [5.41, 5.74) is 0.825. The Morgan fingerprint density at radius 3 is 2.92 bits per heavy atom. The molecule has 5 heteroatoms. The van der Waals surface area contributed by atoms with Crippen LogP contribution in [0.15, 0.2) is 6.07 Å². The van der Waals surface area contributed by atoms with Crippen molar-refractivity contribution in [2.75, 3.05) is 18.5 Å². The fourth-order valence-electron chi connectivity index (χ4n) is 0.918. The van der Waals surface area contributed by atoms with Crippen molar-refractivity contribution < 1.29 is 5.11 Å². The number of nitrogens with zero attached hydrogens (tertiary/aromatic N) is 2. The summed E-state index contributed by atoms with van der Waals surface area (Å²) in [5, 5.41) is 11.8. The van der Waals surface area contributed by atoms with Gasteiger partial charge in [0.05, 0.1) is 0 Å². The van der Waals surface area contributed by atoms with E-state index < -0.39 is 0 Å². The van der Waals surface area contributed by atoms with Crippen LogP contribution in [0.4, 0.5) is 5.82 Å². The zero-order valence-electron chi connectivity index (χ0n) is 7.42. The Morgan fingerprint density at radius 2 is 2.31 bits per heavy atom. The van der Waals surface area contributed by atoms with Gasteiger partial charge in [-0.25, -0.2) is 9.97 Å². The number of aryl methyl sites for hydroxylation is 1. The van der Waals surface area contributed by atoms with Crippen LogP contribution in [0.1, 0.15) is 12.1 Å². The monoisotopic (exact) mass is 201 g/mol. The van der Waals surface area contributed by atoms with E-state index in [9.17, 15) is 0 Å². The molecule has 0 bridgehead atoms. The second-order valence-electron chi connectivity index (χ2n) is 2.67. The minimum atomic E-state index is 0.171. The molecule has 0 saturated heterocycles. The molecule has 13 heavy (non-hydrogen) atoms. The van der Waals surface area contributed by atoms with Crippen LogP contribution >= 0.6 is 11.6 Å². The fraction of sp³-hybridized carbons (Fsp3) is 0.500. The lowest BCUT2D eigenvalue weighted by Crippen LogP contribution is -2.05. The van der Waals surface area contributed by atoms with Crippen LogP contribution in [0.2, 0.25) is 5.28 Å². The van der Waals surface area contributed by atoms with E-state index in [4.69, 9.17) is 16.7 Å². The first kappa shape index (κ1) is 10.2. The number of hydrogen-bond donors (Lipinski definition) is 2. The summed E-state index contributed by atoms with van der Waals surface area (Å²) in [5.74, 6) is 0.700. The van der Waals surface area contributed by atoms with Crippen LogP contribution in [-0.4, -0.2) is 28.2 Å². The molecule has 1 rings (SSSR count). The number of aromatic nitrogens is 2. The molecule has 0 unspecified atom stereocenters. The lowest BCUT2D eigenvalue weighted by atomic mass is 10.4. The van der Waals surface area contributed by atoms with Gasteiger partial charge in [-0.15, -0.1) is 0 Å². The topological polar surface area (TPSA) is 58.0 Å². The van der Waals surface area contributed by atoms with E-state index in [-0.39, 0.29) is 11.9 Å². The Hall–Kier alpha value is -0.870. The Morgan fingerprint density at radius 1 is 1.54 bits per heavy atom. The molecule has 0 amide bonds. The molecule has 0 aliphatic rings. The van der Waals surface area contributed by atoms with Crippen molar-refractivity contribution in [2.24, 2.45) is 0 Å². The summed E-state index contributed by atoms with van der Waals surface area (Å²) in [6.07, 6.45) is 0.695. The summed E-state index contributed by atoms with van der Waals surface area (Å²) < 4.78 is 0. The molecule has 0 saturated carbocycles. The summed E-state index contributed by atoms with van der Waals surface area (Å²) >= 11 is 5.65. The van der Waals surface area contributed by atoms with Gasteiger partial charge in [-0.3, -0.25) is 0 Å². The molecule has 0 fully saturated rings. The van der Waals surface area contributed by atoms with Gasteiger partial charge >= 0.3 is 0 Å². The van der Waals surface area contributed by atoms with Crippen molar-refractivity contribution in [1.29, 1.82) is 0 Å². The third-order valence-electron chi connectivity index (χ3n) is 1.47. The zero-order chi connectivity index (χ0) is 9.68. The molecule has 2 N–H and O–H groups in total. The first-order valence-corrected chi connectivity index (χ1v) is 4.46. The van der Waals surface area contributed by atoms with E-state index in [1.807, 2.05) is 13.0 Å². The lowest BCUT2D eigenvalue weighted by Gasteiger charge is -2.04. The van der Waals surface area contributed by atoms with Gasteiger partial charge in [0.2, 0.25) is 5.28 Å². The number of aliphatic hydroxyl groups excluding tert-OH is 1. The summed E-state index contributed by atoms with van der Waals surface area (Å²) in [4.78, 5) is 7.89. The maximum absolute atomic E-state index is 8.55. The highest BCUT2D eigenvalue weighted by Crippen LogP contribution is 2.09. The SMILES string of the molecule is Cc1cc(NCCCO)nc(Cl)n1. The van der Waals surface area contributed by atoms with Crippen LogP contribution in [0.5, 0.6) is 0 Å². The smallest absolute Gasteiger partial charge is 0.224 e. The molecule has 72 valence electrons. The van der Waals surface area contributed by atoms with Crippen molar-refractivity contribution in [3.8, 4) is 0 Å². The first-order chi connectivity index (χ1) is 6.22. The van der Waals surface area contributed by atoms with Crippen LogP contribution < -0.4 is 5.32 Å². The Bertz CT molecular complexity index is 260. The highest BCUT2D eigenvalue weighted by Gasteiger charge is 1.98. The molecule has 0 spiro atoms. The molecule has 1 aromatic heterocycles. The van der Waals surface area contributed by atoms with E-state index in [0.717, 1.165) is 5.69 Å². The largest absolute Gasteiger partial charge is 0.396 e. The maximum Gasteiger partial charge on any atom is 0.224 e. The van der Waals surface area contributed by atoms with E-state index in [1.165, 1.54) is 0 Å². The molecule has 0 aliphatic heterocycles. The lowest BCUT2D eigenvalue weighted by molar-refractivity contribution is 0.292. The van der Waals surface area contributed by atoms with Gasteiger partial charge in [-0.2, -0.15) is 0 Å². The summed E-state index contributed by atoms with van der Waals surface area (Å²) in [6.45, 7) is 2.71. The van der Waals surface area contributed by atoms with Gasteiger partial charge in [-0.1, -0.05) is 0 Å². The predicted molar refractivity (Wildman–Crippen MR) is 52.0 cm³/mol. The quantitative estimate of drug-likeness (QED) is 0.569. The summed E-state index contributed by atoms with van der Waals surface area (Å²) in [6, 6.07) is 1.81. The number of aliphatic hydroxyl groups is 1. The number of hydrogen-bond acceptors (Lipinski definition) is 4. The molecule has 0 aromatic carbocycles. The Kier molecular flexibility index (Phi) is 3.92. The van der Waals surface area contributed by atoms with Crippen molar-refractivity contribution in [3.05, 3.63) is 17.0 Å². The van der Waals surface area contributed by atoms with Crippen LogP contribution in [0.3, 0.4) is 0 Å². The van der Waals surface area contributed by atoms with Crippen LogP contribution in [-0.2, 0) is 0 Å². The van der Waals surface area contributed by atoms with Gasteiger partial charge in [0.15, 0.2) is 0 Å². The predicted octanol–water partition coefficient (Wildman–Crippen LogP) is 1.23. The molecule has 1 heterocycles. The molecule has 0 atom stereocenters. The zero-order valence-corrected chi connectivity index (χ0v) is 8.17.